The van der Waals surface area contributed by atoms with Gasteiger partial charge in [-0.2, -0.15) is 0 Å². The standard InChI is InChI=1S/C20H22N2O3S/c1-5-13(2)20(23)22-10-14(3)25-18(11-22)19-21-16(12-26-19)15-8-6-7-9-17(15)24-4/h5-9,12,14,18H,1-2,10-11H2,3-4H3. The normalized spacial score (nSPS) is 19.8. The molecule has 1 aliphatic rings. The van der Waals surface area contributed by atoms with Crippen LogP contribution >= 0.6 is 11.3 Å². The Hall–Kier alpha value is -2.44. The molecular formula is C20H22N2O3S. The van der Waals surface area contributed by atoms with Gasteiger partial charge in [-0.1, -0.05) is 31.4 Å². The van der Waals surface area contributed by atoms with Crippen molar-refractivity contribution in [1.29, 1.82) is 0 Å². The third-order valence-corrected chi connectivity index (χ3v) is 5.19. The summed E-state index contributed by atoms with van der Waals surface area (Å²) in [6, 6.07) is 7.77. The van der Waals surface area contributed by atoms with Crippen LogP contribution in [0, 0.1) is 0 Å². The number of aromatic nitrogens is 1. The molecule has 0 bridgehead atoms. The third-order valence-electron chi connectivity index (χ3n) is 4.25. The Morgan fingerprint density at radius 3 is 2.92 bits per heavy atom. The lowest BCUT2D eigenvalue weighted by molar-refractivity contribution is -0.140. The van der Waals surface area contributed by atoms with Crippen LogP contribution in [-0.2, 0) is 9.53 Å². The zero-order chi connectivity index (χ0) is 18.7. The molecular weight excluding hydrogens is 348 g/mol. The highest BCUT2D eigenvalue weighted by Gasteiger charge is 2.31. The predicted molar refractivity (Wildman–Crippen MR) is 103 cm³/mol. The van der Waals surface area contributed by atoms with E-state index >= 15 is 0 Å². The number of benzene rings is 1. The Bertz CT molecular complexity index is 830. The average molecular weight is 370 g/mol. The Morgan fingerprint density at radius 2 is 2.19 bits per heavy atom. The van der Waals surface area contributed by atoms with Crippen LogP contribution in [-0.4, -0.2) is 42.1 Å². The fourth-order valence-electron chi connectivity index (χ4n) is 2.96. The smallest absolute Gasteiger partial charge is 0.253 e. The summed E-state index contributed by atoms with van der Waals surface area (Å²) in [6.45, 7) is 10.3. The van der Waals surface area contributed by atoms with Crippen molar-refractivity contribution < 1.29 is 14.3 Å². The number of ether oxygens (including phenoxy) is 2. The van der Waals surface area contributed by atoms with E-state index < -0.39 is 0 Å². The minimum atomic E-state index is -0.256. The molecule has 1 saturated heterocycles. The highest BCUT2D eigenvalue weighted by atomic mass is 32.1. The Labute approximate surface area is 157 Å². The van der Waals surface area contributed by atoms with Crippen molar-refractivity contribution in [3.05, 3.63) is 59.5 Å². The van der Waals surface area contributed by atoms with E-state index in [1.165, 1.54) is 17.4 Å². The lowest BCUT2D eigenvalue weighted by atomic mass is 10.1. The minimum absolute atomic E-state index is 0.0751. The van der Waals surface area contributed by atoms with E-state index in [0.717, 1.165) is 22.0 Å². The van der Waals surface area contributed by atoms with Crippen molar-refractivity contribution in [3.63, 3.8) is 0 Å². The van der Waals surface area contributed by atoms with E-state index in [1.54, 1.807) is 12.0 Å². The van der Waals surface area contributed by atoms with Gasteiger partial charge in [0.05, 0.1) is 25.5 Å². The van der Waals surface area contributed by atoms with Crippen molar-refractivity contribution in [3.8, 4) is 17.0 Å². The van der Waals surface area contributed by atoms with Gasteiger partial charge in [0, 0.05) is 23.1 Å². The number of methoxy groups -OCH3 is 1. The van der Waals surface area contributed by atoms with E-state index in [-0.39, 0.29) is 18.1 Å². The van der Waals surface area contributed by atoms with Gasteiger partial charge in [-0.25, -0.2) is 4.98 Å². The molecule has 2 heterocycles. The first-order valence-corrected chi connectivity index (χ1v) is 9.26. The Morgan fingerprint density at radius 1 is 1.42 bits per heavy atom. The first-order valence-electron chi connectivity index (χ1n) is 8.38. The molecule has 2 aromatic rings. The number of para-hydroxylation sites is 1. The molecule has 1 fully saturated rings. The molecule has 1 aliphatic heterocycles. The first-order chi connectivity index (χ1) is 12.5. The number of thiazole rings is 1. The third kappa shape index (κ3) is 3.71. The molecule has 1 aromatic carbocycles. The van der Waals surface area contributed by atoms with Gasteiger partial charge in [-0.3, -0.25) is 4.79 Å². The summed E-state index contributed by atoms with van der Waals surface area (Å²) >= 11 is 1.53. The highest BCUT2D eigenvalue weighted by Crippen LogP contribution is 2.34. The zero-order valence-corrected chi connectivity index (χ0v) is 15.8. The van der Waals surface area contributed by atoms with Gasteiger partial charge in [0.2, 0.25) is 0 Å². The molecule has 2 unspecified atom stereocenters. The number of rotatable bonds is 5. The molecule has 2 atom stereocenters. The molecule has 0 N–H and O–H groups in total. The van der Waals surface area contributed by atoms with Gasteiger partial charge in [0.1, 0.15) is 16.9 Å². The molecule has 1 aromatic heterocycles. The van der Waals surface area contributed by atoms with Gasteiger partial charge >= 0.3 is 0 Å². The summed E-state index contributed by atoms with van der Waals surface area (Å²) < 4.78 is 11.5. The molecule has 0 spiro atoms. The van der Waals surface area contributed by atoms with Crippen molar-refractivity contribution in [2.75, 3.05) is 20.2 Å². The van der Waals surface area contributed by atoms with Gasteiger partial charge in [0.15, 0.2) is 0 Å². The van der Waals surface area contributed by atoms with Crippen molar-refractivity contribution in [1.82, 2.24) is 9.88 Å². The van der Waals surface area contributed by atoms with E-state index in [1.807, 2.05) is 36.6 Å². The van der Waals surface area contributed by atoms with E-state index in [0.29, 0.717) is 18.7 Å². The van der Waals surface area contributed by atoms with Gasteiger partial charge < -0.3 is 14.4 Å². The average Bonchev–Trinajstić information content (AvgIpc) is 3.16. The van der Waals surface area contributed by atoms with E-state index in [2.05, 4.69) is 13.2 Å². The monoisotopic (exact) mass is 370 g/mol. The number of carbonyl (C=O) groups is 1. The topological polar surface area (TPSA) is 51.7 Å². The molecule has 5 nitrogen and oxygen atoms in total. The second-order valence-corrected chi connectivity index (χ2v) is 7.04. The van der Waals surface area contributed by atoms with Crippen molar-refractivity contribution >= 4 is 17.2 Å². The summed E-state index contributed by atoms with van der Waals surface area (Å²) in [4.78, 5) is 18.9. The van der Waals surface area contributed by atoms with Crippen LogP contribution in [0.2, 0.25) is 0 Å². The molecule has 0 radical (unpaired) electrons. The lowest BCUT2D eigenvalue weighted by Gasteiger charge is -2.36. The second kappa shape index (κ2) is 7.85. The van der Waals surface area contributed by atoms with Gasteiger partial charge in [-0.15, -0.1) is 11.3 Å². The van der Waals surface area contributed by atoms with Crippen LogP contribution < -0.4 is 4.74 Å². The first kappa shape index (κ1) is 18.4. The number of carbonyl (C=O) groups excluding carboxylic acids is 1. The summed E-state index contributed by atoms with van der Waals surface area (Å²) in [5.41, 5.74) is 2.18. The molecule has 1 amide bonds. The number of hydrogen-bond donors (Lipinski definition) is 0. The Balaban J connectivity index is 1.83. The van der Waals surface area contributed by atoms with Crippen LogP contribution in [0.25, 0.3) is 11.3 Å². The summed E-state index contributed by atoms with van der Waals surface area (Å²) in [7, 11) is 1.65. The van der Waals surface area contributed by atoms with Crippen LogP contribution in [0.3, 0.4) is 0 Å². The molecule has 136 valence electrons. The quantitative estimate of drug-likeness (QED) is 0.593. The summed E-state index contributed by atoms with van der Waals surface area (Å²) in [6.07, 6.45) is 1.16. The molecule has 26 heavy (non-hydrogen) atoms. The maximum atomic E-state index is 12.4. The van der Waals surface area contributed by atoms with Crippen LogP contribution in [0.15, 0.2) is 54.5 Å². The van der Waals surface area contributed by atoms with Crippen molar-refractivity contribution in [2.45, 2.75) is 19.1 Å². The van der Waals surface area contributed by atoms with Gasteiger partial charge in [0.25, 0.3) is 5.91 Å². The SMILES string of the molecule is C=CC(=C)C(=O)N1CC(C)OC(c2nc(-c3ccccc3OC)cs2)C1. The predicted octanol–water partition coefficient (Wildman–Crippen LogP) is 3.85. The number of morpholine rings is 1. The van der Waals surface area contributed by atoms with E-state index in [4.69, 9.17) is 14.5 Å². The maximum Gasteiger partial charge on any atom is 0.253 e. The fraction of sp³-hybridized carbons (Fsp3) is 0.300. The number of amides is 1. The highest BCUT2D eigenvalue weighted by molar-refractivity contribution is 7.10. The number of nitrogens with zero attached hydrogens (tertiary/aromatic N) is 2. The summed E-state index contributed by atoms with van der Waals surface area (Å²) in [5, 5.41) is 2.84. The van der Waals surface area contributed by atoms with E-state index in [9.17, 15) is 4.79 Å². The fourth-order valence-corrected chi connectivity index (χ4v) is 3.80. The van der Waals surface area contributed by atoms with Gasteiger partial charge in [-0.05, 0) is 19.1 Å². The van der Waals surface area contributed by atoms with Crippen LogP contribution in [0.4, 0.5) is 0 Å². The zero-order valence-electron chi connectivity index (χ0n) is 15.0. The molecule has 6 heteroatoms. The second-order valence-electron chi connectivity index (χ2n) is 6.15. The van der Waals surface area contributed by atoms with Crippen molar-refractivity contribution in [2.24, 2.45) is 0 Å². The molecule has 3 rings (SSSR count). The number of hydrogen-bond acceptors (Lipinski definition) is 5. The minimum Gasteiger partial charge on any atom is -0.496 e. The maximum absolute atomic E-state index is 12.4. The van der Waals surface area contributed by atoms with Crippen LogP contribution in [0.5, 0.6) is 5.75 Å². The lowest BCUT2D eigenvalue weighted by Crippen LogP contribution is -2.46. The molecule has 0 aliphatic carbocycles. The Kier molecular flexibility index (Phi) is 5.54. The molecule has 0 saturated carbocycles. The summed E-state index contributed by atoms with van der Waals surface area (Å²) in [5.74, 6) is 0.669. The largest absolute Gasteiger partial charge is 0.496 e. The van der Waals surface area contributed by atoms with Crippen LogP contribution in [0.1, 0.15) is 18.0 Å².